The largest absolute Gasteiger partial charge is 0.451 e. The molecule has 0 radical (unpaired) electrons. The SMILES string of the molecule is CC(C)CC(CO)Nc1c(F)cc2c(=O)c(C(=O)NCCC3CCCN3C)cn3c2c1Oc1cc2ccccc2cc1-3. The predicted octanol–water partition coefficient (Wildman–Crippen LogP) is 5.42. The Balaban J connectivity index is 1.48. The van der Waals surface area contributed by atoms with Gasteiger partial charge < -0.3 is 29.9 Å². The van der Waals surface area contributed by atoms with Crippen molar-refractivity contribution in [2.24, 2.45) is 5.92 Å². The second kappa shape index (κ2) is 11.4. The molecule has 1 amide bonds. The smallest absolute Gasteiger partial charge is 0.256 e. The number of hydrogen-bond donors (Lipinski definition) is 3. The number of amides is 1. The lowest BCUT2D eigenvalue weighted by Gasteiger charge is -2.28. The Hall–Kier alpha value is -3.95. The van der Waals surface area contributed by atoms with Crippen molar-refractivity contribution in [2.45, 2.75) is 51.6 Å². The molecule has 3 heterocycles. The summed E-state index contributed by atoms with van der Waals surface area (Å²) in [6.45, 7) is 5.35. The standard InChI is InChI=1S/C33H37FN4O4/c1-19(2)13-22(18-39)36-29-26(34)16-24-30-32(29)42-28-15-21-8-5-4-7-20(21)14-27(28)38(30)17-25(31(24)40)33(41)35-11-10-23-9-6-12-37(23)3/h4-5,7-8,14-17,19,22-23,36,39H,6,9-13,18H2,1-3H3,(H,35,41). The fourth-order valence-electron chi connectivity index (χ4n) is 6.34. The normalized spacial score (nSPS) is 17.0. The molecule has 1 saturated heterocycles. The topological polar surface area (TPSA) is 95.8 Å². The molecule has 6 rings (SSSR count). The van der Waals surface area contributed by atoms with Crippen molar-refractivity contribution in [3.63, 3.8) is 0 Å². The maximum absolute atomic E-state index is 15.8. The third-order valence-corrected chi connectivity index (χ3v) is 8.50. The van der Waals surface area contributed by atoms with Gasteiger partial charge in [-0.05, 0) is 74.2 Å². The zero-order valence-electron chi connectivity index (χ0n) is 24.2. The molecule has 2 aliphatic rings. The van der Waals surface area contributed by atoms with Gasteiger partial charge in [0.2, 0.25) is 5.43 Å². The van der Waals surface area contributed by atoms with E-state index in [4.69, 9.17) is 4.74 Å². The molecule has 0 bridgehead atoms. The van der Waals surface area contributed by atoms with Crippen LogP contribution in [0.5, 0.6) is 11.5 Å². The maximum atomic E-state index is 15.8. The lowest BCUT2D eigenvalue weighted by Crippen LogP contribution is -2.34. The van der Waals surface area contributed by atoms with Crippen molar-refractivity contribution >= 4 is 33.3 Å². The third-order valence-electron chi connectivity index (χ3n) is 8.50. The van der Waals surface area contributed by atoms with E-state index in [9.17, 15) is 14.7 Å². The summed E-state index contributed by atoms with van der Waals surface area (Å²) in [6.07, 6.45) is 5.18. The number of anilines is 1. The number of aromatic nitrogens is 1. The van der Waals surface area contributed by atoms with Gasteiger partial charge >= 0.3 is 0 Å². The highest BCUT2D eigenvalue weighted by molar-refractivity contribution is 6.02. The Labute approximate surface area is 244 Å². The summed E-state index contributed by atoms with van der Waals surface area (Å²) in [5.74, 6) is -0.282. The summed E-state index contributed by atoms with van der Waals surface area (Å²) in [4.78, 5) is 29.4. The molecule has 9 heteroatoms. The highest BCUT2D eigenvalue weighted by atomic mass is 19.1. The van der Waals surface area contributed by atoms with Gasteiger partial charge in [0.15, 0.2) is 17.3 Å². The molecule has 1 aromatic heterocycles. The van der Waals surface area contributed by atoms with E-state index < -0.39 is 23.2 Å². The van der Waals surface area contributed by atoms with Gasteiger partial charge in [0, 0.05) is 24.8 Å². The maximum Gasteiger partial charge on any atom is 0.256 e. The number of pyridine rings is 1. The first-order chi connectivity index (χ1) is 20.2. The van der Waals surface area contributed by atoms with Gasteiger partial charge in [-0.2, -0.15) is 0 Å². The van der Waals surface area contributed by atoms with Crippen molar-refractivity contribution in [2.75, 3.05) is 32.1 Å². The lowest BCUT2D eigenvalue weighted by molar-refractivity contribution is 0.0949. The molecular weight excluding hydrogens is 535 g/mol. The Morgan fingerprint density at radius 2 is 1.95 bits per heavy atom. The monoisotopic (exact) mass is 572 g/mol. The average molecular weight is 573 g/mol. The molecule has 2 aliphatic heterocycles. The van der Waals surface area contributed by atoms with Crippen molar-refractivity contribution in [1.82, 2.24) is 14.8 Å². The number of benzene rings is 3. The van der Waals surface area contributed by atoms with Crippen molar-refractivity contribution < 1.29 is 19.0 Å². The Bertz CT molecular complexity index is 1730. The van der Waals surface area contributed by atoms with Crippen LogP contribution in [0.15, 0.2) is 53.5 Å². The van der Waals surface area contributed by atoms with Crippen LogP contribution in [0, 0.1) is 11.7 Å². The molecule has 3 N–H and O–H groups in total. The van der Waals surface area contributed by atoms with Crippen LogP contribution in [0.3, 0.4) is 0 Å². The summed E-state index contributed by atoms with van der Waals surface area (Å²) in [6, 6.07) is 12.8. The van der Waals surface area contributed by atoms with Gasteiger partial charge in [-0.25, -0.2) is 4.39 Å². The van der Waals surface area contributed by atoms with E-state index in [0.717, 1.165) is 36.6 Å². The summed E-state index contributed by atoms with van der Waals surface area (Å²) in [5, 5.41) is 18.0. The second-order valence-corrected chi connectivity index (χ2v) is 11.9. The number of carbonyl (C=O) groups is 1. The van der Waals surface area contributed by atoms with Crippen LogP contribution in [0.4, 0.5) is 10.1 Å². The fourth-order valence-corrected chi connectivity index (χ4v) is 6.34. The van der Waals surface area contributed by atoms with Crippen LogP contribution in [-0.2, 0) is 0 Å². The molecule has 0 aliphatic carbocycles. The van der Waals surface area contributed by atoms with E-state index in [-0.39, 0.29) is 34.9 Å². The van der Waals surface area contributed by atoms with Crippen molar-refractivity contribution in [3.05, 3.63) is 70.3 Å². The predicted molar refractivity (Wildman–Crippen MR) is 164 cm³/mol. The van der Waals surface area contributed by atoms with E-state index in [2.05, 4.69) is 22.6 Å². The minimum atomic E-state index is -0.686. The minimum absolute atomic E-state index is 0.0533. The number of fused-ring (bicyclic) bond motifs is 3. The number of likely N-dealkylation sites (tertiary alicyclic amines) is 1. The number of carbonyl (C=O) groups excluding carboxylic acids is 1. The molecule has 0 saturated carbocycles. The van der Waals surface area contributed by atoms with E-state index in [1.165, 1.54) is 6.07 Å². The first kappa shape index (κ1) is 28.2. The molecular formula is C33H37FN4O4. The van der Waals surface area contributed by atoms with Gasteiger partial charge in [0.1, 0.15) is 16.8 Å². The van der Waals surface area contributed by atoms with Crippen LogP contribution >= 0.6 is 0 Å². The number of rotatable bonds is 9. The molecule has 8 nitrogen and oxygen atoms in total. The van der Waals surface area contributed by atoms with Crippen LogP contribution < -0.4 is 20.8 Å². The van der Waals surface area contributed by atoms with Gasteiger partial charge in [-0.1, -0.05) is 38.1 Å². The van der Waals surface area contributed by atoms with Gasteiger partial charge in [-0.15, -0.1) is 0 Å². The van der Waals surface area contributed by atoms with E-state index >= 15 is 4.39 Å². The zero-order valence-corrected chi connectivity index (χ0v) is 24.2. The molecule has 0 spiro atoms. The van der Waals surface area contributed by atoms with Crippen LogP contribution in [0.25, 0.3) is 27.4 Å². The quantitative estimate of drug-likeness (QED) is 0.218. The zero-order chi connectivity index (χ0) is 29.5. The lowest BCUT2D eigenvalue weighted by atomic mass is 10.0. The summed E-state index contributed by atoms with van der Waals surface area (Å²) >= 11 is 0. The Morgan fingerprint density at radius 3 is 2.64 bits per heavy atom. The highest BCUT2D eigenvalue weighted by Gasteiger charge is 2.30. The van der Waals surface area contributed by atoms with Crippen molar-refractivity contribution in [1.29, 1.82) is 0 Å². The van der Waals surface area contributed by atoms with Gasteiger partial charge in [-0.3, -0.25) is 9.59 Å². The second-order valence-electron chi connectivity index (χ2n) is 11.9. The van der Waals surface area contributed by atoms with Crippen LogP contribution in [-0.4, -0.2) is 59.3 Å². The molecule has 2 unspecified atom stereocenters. The fraction of sp³-hybridized carbons (Fsp3) is 0.394. The third kappa shape index (κ3) is 5.12. The number of hydrogen-bond acceptors (Lipinski definition) is 6. The number of aliphatic hydroxyl groups excluding tert-OH is 1. The number of aliphatic hydroxyl groups is 1. The first-order valence-electron chi connectivity index (χ1n) is 14.7. The van der Waals surface area contributed by atoms with Crippen LogP contribution in [0.1, 0.15) is 49.9 Å². The molecule has 42 heavy (non-hydrogen) atoms. The number of halogens is 1. The summed E-state index contributed by atoms with van der Waals surface area (Å²) < 4.78 is 24.0. The van der Waals surface area contributed by atoms with Gasteiger partial charge in [0.05, 0.1) is 17.7 Å². The molecule has 220 valence electrons. The number of nitrogens with one attached hydrogen (secondary N) is 2. The minimum Gasteiger partial charge on any atom is -0.451 e. The Kier molecular flexibility index (Phi) is 7.64. The van der Waals surface area contributed by atoms with Crippen LogP contribution in [0.2, 0.25) is 0 Å². The van der Waals surface area contributed by atoms with E-state index in [0.29, 0.717) is 36.0 Å². The number of nitrogens with zero attached hydrogens (tertiary/aromatic N) is 2. The Morgan fingerprint density at radius 1 is 1.19 bits per heavy atom. The molecule has 4 aromatic rings. The van der Waals surface area contributed by atoms with Crippen molar-refractivity contribution in [3.8, 4) is 17.2 Å². The number of ether oxygens (including phenoxy) is 1. The highest BCUT2D eigenvalue weighted by Crippen LogP contribution is 2.46. The molecule has 1 fully saturated rings. The first-order valence-corrected chi connectivity index (χ1v) is 14.7. The van der Waals surface area contributed by atoms with Gasteiger partial charge in [0.25, 0.3) is 5.91 Å². The average Bonchev–Trinajstić information content (AvgIpc) is 3.38. The van der Waals surface area contributed by atoms with E-state index in [1.807, 2.05) is 50.2 Å². The molecule has 2 atom stereocenters. The summed E-state index contributed by atoms with van der Waals surface area (Å²) in [5.41, 5.74) is 0.481. The molecule has 3 aromatic carbocycles. The van der Waals surface area contributed by atoms with E-state index in [1.54, 1.807) is 10.8 Å². The summed E-state index contributed by atoms with van der Waals surface area (Å²) in [7, 11) is 2.09.